The molecule has 2 bridgehead atoms. The third-order valence-electron chi connectivity index (χ3n) is 8.02. The first-order chi connectivity index (χ1) is 15.9. The Morgan fingerprint density at radius 2 is 1.55 bits per heavy atom. The second-order valence-corrected chi connectivity index (χ2v) is 9.97. The van der Waals surface area contributed by atoms with Gasteiger partial charge in [0, 0.05) is 6.42 Å². The van der Waals surface area contributed by atoms with E-state index in [-0.39, 0.29) is 5.90 Å². The third-order valence-corrected chi connectivity index (χ3v) is 8.02. The van der Waals surface area contributed by atoms with Gasteiger partial charge in [0.15, 0.2) is 5.41 Å². The predicted molar refractivity (Wildman–Crippen MR) is 123 cm³/mol. The van der Waals surface area contributed by atoms with Crippen LogP contribution in [0, 0.1) is 70.0 Å². The Morgan fingerprint density at radius 1 is 0.909 bits per heavy atom. The fraction of sp³-hybridized carbons (Fsp3) is 0.630. The first-order valence-electron chi connectivity index (χ1n) is 12.2. The summed E-state index contributed by atoms with van der Waals surface area (Å²) in [5, 5.41) is 40.4. The molecule has 0 amide bonds. The van der Waals surface area contributed by atoms with Crippen LogP contribution in [0.4, 0.5) is 0 Å². The highest BCUT2D eigenvalue weighted by atomic mass is 16.7. The molecule has 4 atom stereocenters. The molecule has 0 spiro atoms. The largest absolute Gasteiger partial charge is 0.447 e. The van der Waals surface area contributed by atoms with Gasteiger partial charge in [-0.25, -0.2) is 0 Å². The number of benzene rings is 1. The van der Waals surface area contributed by atoms with E-state index in [4.69, 9.17) is 14.9 Å². The molecule has 0 aromatic heterocycles. The molecule has 3 fully saturated rings. The van der Waals surface area contributed by atoms with E-state index >= 15 is 0 Å². The van der Waals surface area contributed by atoms with Crippen LogP contribution >= 0.6 is 0 Å². The van der Waals surface area contributed by atoms with Crippen LogP contribution in [0.5, 0.6) is 0 Å². The Balaban J connectivity index is 1.91. The molecule has 1 N–H and O–H groups in total. The van der Waals surface area contributed by atoms with Crippen LogP contribution < -0.4 is 0 Å². The highest BCUT2D eigenvalue weighted by Crippen LogP contribution is 2.68. The Kier molecular flexibility index (Phi) is 6.22. The van der Waals surface area contributed by atoms with E-state index in [2.05, 4.69) is 18.2 Å². The quantitative estimate of drug-likeness (QED) is 0.558. The molecule has 4 unspecified atom stereocenters. The van der Waals surface area contributed by atoms with Crippen molar-refractivity contribution in [3.8, 4) is 18.2 Å². The van der Waals surface area contributed by atoms with Gasteiger partial charge in [0.1, 0.15) is 6.10 Å². The minimum Gasteiger partial charge on any atom is -0.447 e. The molecule has 2 aliphatic heterocycles. The number of hydrogen-bond donors (Lipinski definition) is 1. The van der Waals surface area contributed by atoms with E-state index in [1.165, 1.54) is 12.8 Å². The Morgan fingerprint density at radius 3 is 2.15 bits per heavy atom. The summed E-state index contributed by atoms with van der Waals surface area (Å²) in [5.74, 6) is -1.96. The molecule has 1 aliphatic carbocycles. The van der Waals surface area contributed by atoms with Gasteiger partial charge in [0.2, 0.25) is 17.1 Å². The third kappa shape index (κ3) is 3.34. The molecular formula is C27H32N4O2. The fourth-order valence-electron chi connectivity index (χ4n) is 6.32. The van der Waals surface area contributed by atoms with E-state index in [9.17, 15) is 15.8 Å². The number of nitrogens with zero attached hydrogens (tertiary/aromatic N) is 3. The van der Waals surface area contributed by atoms with Crippen LogP contribution in [0.2, 0.25) is 0 Å². The normalized spacial score (nSPS) is 33.7. The van der Waals surface area contributed by atoms with E-state index < -0.39 is 28.6 Å². The summed E-state index contributed by atoms with van der Waals surface area (Å²) >= 11 is 0. The zero-order chi connectivity index (χ0) is 23.7. The number of nitrogens with one attached hydrogen (secondary N) is 1. The lowest BCUT2D eigenvalue weighted by atomic mass is 9.52. The van der Waals surface area contributed by atoms with Crippen LogP contribution in [0.25, 0.3) is 0 Å². The van der Waals surface area contributed by atoms with Crippen molar-refractivity contribution in [1.29, 1.82) is 21.2 Å². The van der Waals surface area contributed by atoms with Crippen molar-refractivity contribution in [2.75, 3.05) is 0 Å². The van der Waals surface area contributed by atoms with Gasteiger partial charge in [0.05, 0.1) is 24.1 Å². The van der Waals surface area contributed by atoms with E-state index in [0.717, 1.165) is 49.7 Å². The molecule has 33 heavy (non-hydrogen) atoms. The lowest BCUT2D eigenvalue weighted by molar-refractivity contribution is -0.288. The monoisotopic (exact) mass is 444 g/mol. The Hall–Kier alpha value is -2.88. The number of aryl methyl sites for hydroxylation is 2. The van der Waals surface area contributed by atoms with Crippen molar-refractivity contribution in [1.82, 2.24) is 0 Å². The summed E-state index contributed by atoms with van der Waals surface area (Å²) in [6.07, 6.45) is 8.64. The van der Waals surface area contributed by atoms with Gasteiger partial charge in [-0.05, 0) is 37.8 Å². The number of ether oxygens (including phenoxy) is 2. The standard InChI is InChI=1S/C27H32N4O2/c1-19-12-13-21(20(2)15-19)23-25(16-28,17-29)26(18-30)22-11-9-7-5-3-4-6-8-10-14-27(22,32-23)33-24(26)31/h12-13,15,22-23,31H,3-11,14H2,1-2H3. The zero-order valence-electron chi connectivity index (χ0n) is 19.6. The first kappa shape index (κ1) is 23.3. The molecule has 4 rings (SSSR count). The van der Waals surface area contributed by atoms with Gasteiger partial charge in [-0.1, -0.05) is 68.7 Å². The van der Waals surface area contributed by atoms with Crippen LogP contribution in [0.1, 0.15) is 87.0 Å². The summed E-state index contributed by atoms with van der Waals surface area (Å²) in [6, 6.07) is 12.5. The number of nitriles is 3. The molecular weight excluding hydrogens is 412 g/mol. The maximum Gasteiger partial charge on any atom is 0.217 e. The van der Waals surface area contributed by atoms with E-state index in [1.54, 1.807) is 0 Å². The van der Waals surface area contributed by atoms with Crippen molar-refractivity contribution in [2.24, 2.45) is 16.7 Å². The van der Waals surface area contributed by atoms with Gasteiger partial charge in [-0.15, -0.1) is 0 Å². The van der Waals surface area contributed by atoms with Gasteiger partial charge in [-0.2, -0.15) is 15.8 Å². The maximum atomic E-state index is 10.6. The lowest BCUT2D eigenvalue weighted by Gasteiger charge is -2.50. The van der Waals surface area contributed by atoms with Gasteiger partial charge >= 0.3 is 0 Å². The smallest absolute Gasteiger partial charge is 0.217 e. The number of hydrogen-bond acceptors (Lipinski definition) is 6. The Bertz CT molecular complexity index is 1050. The molecule has 172 valence electrons. The summed E-state index contributed by atoms with van der Waals surface area (Å²) in [7, 11) is 0. The summed E-state index contributed by atoms with van der Waals surface area (Å²) < 4.78 is 12.9. The minimum absolute atomic E-state index is 0.278. The van der Waals surface area contributed by atoms with Gasteiger partial charge in [-0.3, -0.25) is 5.41 Å². The van der Waals surface area contributed by atoms with Crippen LogP contribution in [-0.2, 0) is 9.47 Å². The maximum absolute atomic E-state index is 10.6. The average Bonchev–Trinajstić information content (AvgIpc) is 2.97. The van der Waals surface area contributed by atoms with Crippen LogP contribution in [0.3, 0.4) is 0 Å². The Labute approximate surface area is 196 Å². The summed E-state index contributed by atoms with van der Waals surface area (Å²) in [4.78, 5) is 0. The molecule has 3 aliphatic rings. The summed E-state index contributed by atoms with van der Waals surface area (Å²) in [5.41, 5.74) is -0.861. The number of rotatable bonds is 1. The summed E-state index contributed by atoms with van der Waals surface area (Å²) in [6.45, 7) is 3.92. The SMILES string of the molecule is Cc1ccc(C2OC34CCCCCCCCCCC3C(C#N)(C(=N)O4)C2(C#N)C#N)c(C)c1. The van der Waals surface area contributed by atoms with E-state index in [0.29, 0.717) is 18.4 Å². The van der Waals surface area contributed by atoms with Crippen LogP contribution in [0.15, 0.2) is 18.2 Å². The molecule has 6 nitrogen and oxygen atoms in total. The van der Waals surface area contributed by atoms with Crippen molar-refractivity contribution >= 4 is 5.90 Å². The minimum atomic E-state index is -1.87. The van der Waals surface area contributed by atoms with Gasteiger partial charge < -0.3 is 9.47 Å². The predicted octanol–water partition coefficient (Wildman–Crippen LogP) is 6.15. The molecule has 1 aromatic carbocycles. The van der Waals surface area contributed by atoms with Gasteiger partial charge in [0.25, 0.3) is 0 Å². The molecule has 6 heteroatoms. The second kappa shape index (κ2) is 8.81. The highest BCUT2D eigenvalue weighted by Gasteiger charge is 2.79. The lowest BCUT2D eigenvalue weighted by Crippen LogP contribution is -2.59. The molecule has 1 saturated carbocycles. The van der Waals surface area contributed by atoms with Crippen LogP contribution in [-0.4, -0.2) is 11.7 Å². The zero-order valence-corrected chi connectivity index (χ0v) is 19.6. The molecule has 1 aromatic rings. The average molecular weight is 445 g/mol. The van der Waals surface area contributed by atoms with Crippen molar-refractivity contribution < 1.29 is 9.47 Å². The first-order valence-corrected chi connectivity index (χ1v) is 12.2. The fourth-order valence-corrected chi connectivity index (χ4v) is 6.32. The van der Waals surface area contributed by atoms with E-state index in [1.807, 2.05) is 32.0 Å². The highest BCUT2D eigenvalue weighted by molar-refractivity contribution is 5.89. The second-order valence-electron chi connectivity index (χ2n) is 9.97. The van der Waals surface area contributed by atoms with Crippen molar-refractivity contribution in [2.45, 2.75) is 89.9 Å². The van der Waals surface area contributed by atoms with Crippen molar-refractivity contribution in [3.05, 3.63) is 34.9 Å². The topological polar surface area (TPSA) is 114 Å². The molecule has 0 radical (unpaired) electrons. The molecule has 2 heterocycles. The molecule has 2 saturated heterocycles. The van der Waals surface area contributed by atoms with Crippen molar-refractivity contribution in [3.63, 3.8) is 0 Å².